The molecule has 2 heterocycles. The second-order valence-corrected chi connectivity index (χ2v) is 10.1. The maximum atomic E-state index is 12.7. The Bertz CT molecular complexity index is 1360. The van der Waals surface area contributed by atoms with Crippen LogP contribution in [-0.4, -0.2) is 55.4 Å². The van der Waals surface area contributed by atoms with Crippen molar-refractivity contribution in [3.05, 3.63) is 45.8 Å². The molecule has 0 spiro atoms. The van der Waals surface area contributed by atoms with Crippen LogP contribution in [0.2, 0.25) is 0 Å². The van der Waals surface area contributed by atoms with E-state index in [1.165, 1.54) is 6.92 Å². The lowest BCUT2D eigenvalue weighted by Crippen LogP contribution is -2.24. The van der Waals surface area contributed by atoms with Gasteiger partial charge in [0.25, 0.3) is 0 Å². The number of sulfone groups is 1. The average Bonchev–Trinajstić information content (AvgIpc) is 3.40. The van der Waals surface area contributed by atoms with Gasteiger partial charge in [0.2, 0.25) is 21.6 Å². The molecule has 0 aliphatic heterocycles. The summed E-state index contributed by atoms with van der Waals surface area (Å²) in [5.41, 5.74) is 1.72. The summed E-state index contributed by atoms with van der Waals surface area (Å²) < 4.78 is 40.7. The van der Waals surface area contributed by atoms with Crippen molar-refractivity contribution in [2.24, 2.45) is 0 Å². The highest BCUT2D eigenvalue weighted by atomic mass is 32.2. The lowest BCUT2D eigenvalue weighted by molar-refractivity contribution is -0.113. The molecule has 13 heteroatoms. The third-order valence-electron chi connectivity index (χ3n) is 4.63. The average molecular weight is 522 g/mol. The minimum atomic E-state index is -4.30. The van der Waals surface area contributed by atoms with Crippen molar-refractivity contribution in [1.29, 1.82) is 0 Å². The number of rotatable bonds is 9. The molecule has 0 unspecified atom stereocenters. The fourth-order valence-corrected chi connectivity index (χ4v) is 5.00. The number of aryl methyl sites for hydroxylation is 1. The molecule has 1 N–H and O–H groups in total. The first-order chi connectivity index (χ1) is 16.6. The molecular formula is C22H23N3O8S2. The van der Waals surface area contributed by atoms with Gasteiger partial charge in [-0.25, -0.2) is 18.0 Å². The summed E-state index contributed by atoms with van der Waals surface area (Å²) in [5, 5.41) is 8.94. The Morgan fingerprint density at radius 1 is 1.00 bits per heavy atom. The van der Waals surface area contributed by atoms with Crippen molar-refractivity contribution >= 4 is 44.0 Å². The van der Waals surface area contributed by atoms with E-state index in [0.717, 1.165) is 16.9 Å². The highest BCUT2D eigenvalue weighted by molar-refractivity contribution is 7.91. The number of nitrogens with zero attached hydrogens (tertiary/aromatic N) is 2. The number of thiophene rings is 1. The van der Waals surface area contributed by atoms with Crippen LogP contribution < -0.4 is 5.32 Å². The molecule has 2 aromatic heterocycles. The van der Waals surface area contributed by atoms with Crippen LogP contribution in [0.25, 0.3) is 11.5 Å². The number of hydrogen-bond donors (Lipinski definition) is 1. The Hall–Kier alpha value is -3.58. The standard InChI is InChI=1S/C22H23N3O8S2/c1-5-31-20(27)16-13(4)17(21(28)32-6-2)34-19(16)23-15(26)11-35(29,30)22-25-24-18(33-22)14-9-7-12(3)8-10-14/h7-10H,5-6,11H2,1-4H3,(H,23,26). The molecule has 0 atom stereocenters. The second-order valence-electron chi connectivity index (χ2n) is 7.25. The summed E-state index contributed by atoms with van der Waals surface area (Å²) in [5.74, 6) is -3.46. The molecule has 0 bridgehead atoms. The number of ether oxygens (including phenoxy) is 2. The van der Waals surface area contributed by atoms with E-state index in [0.29, 0.717) is 5.56 Å². The van der Waals surface area contributed by atoms with E-state index in [2.05, 4.69) is 15.5 Å². The lowest BCUT2D eigenvalue weighted by atomic mass is 10.1. The largest absolute Gasteiger partial charge is 0.462 e. The molecule has 1 amide bonds. The number of carbonyl (C=O) groups excluding carboxylic acids is 3. The van der Waals surface area contributed by atoms with Crippen molar-refractivity contribution in [2.45, 2.75) is 32.9 Å². The Morgan fingerprint density at radius 3 is 2.26 bits per heavy atom. The van der Waals surface area contributed by atoms with Gasteiger partial charge in [-0.15, -0.1) is 16.4 Å². The molecule has 3 aromatic rings. The fourth-order valence-electron chi connectivity index (χ4n) is 2.99. The summed E-state index contributed by atoms with van der Waals surface area (Å²) in [7, 11) is -4.30. The van der Waals surface area contributed by atoms with E-state index in [-0.39, 0.29) is 40.1 Å². The van der Waals surface area contributed by atoms with Crippen molar-refractivity contribution in [3.63, 3.8) is 0 Å². The van der Waals surface area contributed by atoms with E-state index in [1.54, 1.807) is 38.1 Å². The highest BCUT2D eigenvalue weighted by Gasteiger charge is 2.30. The molecule has 11 nitrogen and oxygen atoms in total. The molecule has 0 aliphatic rings. The number of anilines is 1. The third-order valence-corrected chi connectivity index (χ3v) is 7.16. The maximum absolute atomic E-state index is 12.7. The van der Waals surface area contributed by atoms with Gasteiger partial charge in [-0.1, -0.05) is 22.8 Å². The maximum Gasteiger partial charge on any atom is 0.348 e. The van der Waals surface area contributed by atoms with Gasteiger partial charge < -0.3 is 19.2 Å². The van der Waals surface area contributed by atoms with E-state index < -0.39 is 38.7 Å². The Balaban J connectivity index is 1.83. The number of benzene rings is 1. The number of carbonyl (C=O) groups is 3. The Kier molecular flexibility index (Phi) is 8.02. The summed E-state index contributed by atoms with van der Waals surface area (Å²) in [6.07, 6.45) is 0. The zero-order chi connectivity index (χ0) is 25.8. The Morgan fingerprint density at radius 2 is 1.63 bits per heavy atom. The van der Waals surface area contributed by atoms with Crippen LogP contribution in [0.5, 0.6) is 0 Å². The van der Waals surface area contributed by atoms with Gasteiger partial charge in [0.1, 0.15) is 15.6 Å². The molecule has 0 fully saturated rings. The second kappa shape index (κ2) is 10.8. The molecule has 0 radical (unpaired) electrons. The Labute approximate surface area is 205 Å². The van der Waals surface area contributed by atoms with Crippen LogP contribution in [0, 0.1) is 13.8 Å². The molecule has 0 aliphatic carbocycles. The van der Waals surface area contributed by atoms with E-state index in [1.807, 2.05) is 6.92 Å². The van der Waals surface area contributed by atoms with E-state index >= 15 is 0 Å². The number of aromatic nitrogens is 2. The van der Waals surface area contributed by atoms with Gasteiger partial charge >= 0.3 is 17.2 Å². The topological polar surface area (TPSA) is 155 Å². The monoisotopic (exact) mass is 521 g/mol. The quantitative estimate of drug-likeness (QED) is 0.415. The first kappa shape index (κ1) is 26.0. The van der Waals surface area contributed by atoms with Crippen LogP contribution in [0.3, 0.4) is 0 Å². The fraction of sp³-hybridized carbons (Fsp3) is 0.318. The summed E-state index contributed by atoms with van der Waals surface area (Å²) >= 11 is 0.787. The molecular weight excluding hydrogens is 498 g/mol. The smallest absolute Gasteiger partial charge is 0.348 e. The van der Waals surface area contributed by atoms with Crippen molar-refractivity contribution < 1.29 is 36.7 Å². The normalized spacial score (nSPS) is 11.2. The van der Waals surface area contributed by atoms with Gasteiger partial charge in [0.05, 0.1) is 18.8 Å². The number of nitrogens with one attached hydrogen (secondary N) is 1. The van der Waals surface area contributed by atoms with Crippen LogP contribution in [0.15, 0.2) is 33.9 Å². The summed E-state index contributed by atoms with van der Waals surface area (Å²) in [4.78, 5) is 37.4. The zero-order valence-corrected chi connectivity index (χ0v) is 21.0. The molecule has 3 rings (SSSR count). The minimum absolute atomic E-state index is 0.0125. The molecule has 0 saturated heterocycles. The van der Waals surface area contributed by atoms with Gasteiger partial charge in [0, 0.05) is 5.56 Å². The lowest BCUT2D eigenvalue weighted by Gasteiger charge is -2.06. The molecule has 0 saturated carbocycles. The first-order valence-electron chi connectivity index (χ1n) is 10.5. The highest BCUT2D eigenvalue weighted by Crippen LogP contribution is 2.34. The SMILES string of the molecule is CCOC(=O)c1sc(NC(=O)CS(=O)(=O)c2nnc(-c3ccc(C)cc3)o2)c(C(=O)OCC)c1C. The zero-order valence-electron chi connectivity index (χ0n) is 19.4. The van der Waals surface area contributed by atoms with Crippen LogP contribution in [0.4, 0.5) is 5.00 Å². The number of esters is 2. The van der Waals surface area contributed by atoms with E-state index in [9.17, 15) is 22.8 Å². The predicted octanol–water partition coefficient (Wildman–Crippen LogP) is 3.18. The molecule has 35 heavy (non-hydrogen) atoms. The van der Waals surface area contributed by atoms with Crippen LogP contribution in [-0.2, 0) is 24.1 Å². The van der Waals surface area contributed by atoms with Gasteiger partial charge in [-0.2, -0.15) is 0 Å². The summed E-state index contributed by atoms with van der Waals surface area (Å²) in [6, 6.07) is 7.00. The van der Waals surface area contributed by atoms with Gasteiger partial charge in [-0.05, 0) is 45.4 Å². The third kappa shape index (κ3) is 5.92. The number of amides is 1. The van der Waals surface area contributed by atoms with Gasteiger partial charge in [0.15, 0.2) is 0 Å². The van der Waals surface area contributed by atoms with Crippen LogP contribution in [0.1, 0.15) is 45.0 Å². The molecule has 1 aromatic carbocycles. The summed E-state index contributed by atoms with van der Waals surface area (Å²) in [6.45, 7) is 6.80. The molecule has 186 valence electrons. The predicted molar refractivity (Wildman–Crippen MR) is 126 cm³/mol. The van der Waals surface area contributed by atoms with Crippen molar-refractivity contribution in [2.75, 3.05) is 24.3 Å². The first-order valence-corrected chi connectivity index (χ1v) is 12.9. The van der Waals surface area contributed by atoms with Gasteiger partial charge in [-0.3, -0.25) is 4.79 Å². The minimum Gasteiger partial charge on any atom is -0.462 e. The number of hydrogen-bond acceptors (Lipinski definition) is 11. The van der Waals surface area contributed by atoms with Crippen molar-refractivity contribution in [1.82, 2.24) is 10.2 Å². The van der Waals surface area contributed by atoms with Crippen LogP contribution >= 0.6 is 11.3 Å². The van der Waals surface area contributed by atoms with E-state index in [4.69, 9.17) is 13.9 Å². The van der Waals surface area contributed by atoms with Crippen molar-refractivity contribution in [3.8, 4) is 11.5 Å².